The van der Waals surface area contributed by atoms with Gasteiger partial charge in [0.2, 0.25) is 5.91 Å². The van der Waals surface area contributed by atoms with Gasteiger partial charge in [-0.1, -0.05) is 6.42 Å². The molecule has 0 spiro atoms. The molecule has 1 fully saturated rings. The lowest BCUT2D eigenvalue weighted by Gasteiger charge is -2.25. The molecule has 146 valence electrons. The van der Waals surface area contributed by atoms with Crippen LogP contribution in [0.2, 0.25) is 0 Å². The van der Waals surface area contributed by atoms with E-state index >= 15 is 0 Å². The highest BCUT2D eigenvalue weighted by Gasteiger charge is 2.17. The van der Waals surface area contributed by atoms with Gasteiger partial charge in [-0.3, -0.25) is 14.5 Å². The van der Waals surface area contributed by atoms with E-state index in [2.05, 4.69) is 21.3 Å². The van der Waals surface area contributed by atoms with Crippen LogP contribution in [0.15, 0.2) is 35.4 Å². The number of carbonyl (C=O) groups excluding carboxylic acids is 1. The molecule has 0 unspecified atom stereocenters. The van der Waals surface area contributed by atoms with Crippen LogP contribution in [0.3, 0.4) is 0 Å². The van der Waals surface area contributed by atoms with Crippen molar-refractivity contribution in [3.05, 3.63) is 45.8 Å². The molecule has 0 bridgehead atoms. The number of rotatable bonds is 4. The zero-order valence-electron chi connectivity index (χ0n) is 16.2. The molecule has 7 heteroatoms. The number of hydrogen-bond donors (Lipinski definition) is 1. The third kappa shape index (κ3) is 3.86. The number of piperidine rings is 1. The van der Waals surface area contributed by atoms with Gasteiger partial charge in [-0.05, 0) is 49.7 Å². The number of amides is 1. The number of hydrogen-bond acceptors (Lipinski definition) is 5. The number of thiophene rings is 1. The van der Waals surface area contributed by atoms with Crippen LogP contribution in [-0.4, -0.2) is 33.4 Å². The largest absolute Gasteiger partial charge is 0.317 e. The Morgan fingerprint density at radius 2 is 2.04 bits per heavy atom. The highest BCUT2D eigenvalue weighted by atomic mass is 32.1. The van der Waals surface area contributed by atoms with Gasteiger partial charge in [0, 0.05) is 48.1 Å². The fraction of sp³-hybridized carbons (Fsp3) is 0.381. The maximum absolute atomic E-state index is 12.7. The van der Waals surface area contributed by atoms with Crippen LogP contribution in [0.25, 0.3) is 21.2 Å². The number of nitrogens with one attached hydrogen (secondary N) is 1. The van der Waals surface area contributed by atoms with Crippen LogP contribution in [0.1, 0.15) is 31.1 Å². The Morgan fingerprint density at radius 1 is 1.25 bits per heavy atom. The van der Waals surface area contributed by atoms with Crippen LogP contribution < -0.4 is 10.9 Å². The minimum atomic E-state index is -0.157. The first kappa shape index (κ1) is 18.8. The molecule has 0 aromatic carbocycles. The monoisotopic (exact) mass is 396 g/mol. The highest BCUT2D eigenvalue weighted by molar-refractivity contribution is 7.19. The highest BCUT2D eigenvalue weighted by Crippen LogP contribution is 2.34. The Kier molecular flexibility index (Phi) is 5.28. The topological polar surface area (TPSA) is 67.2 Å². The molecular formula is C21H24N4O2S. The zero-order valence-corrected chi connectivity index (χ0v) is 17.0. The van der Waals surface area contributed by atoms with Crippen molar-refractivity contribution in [3.63, 3.8) is 0 Å². The molecule has 6 nitrogen and oxygen atoms in total. The number of likely N-dealkylation sites (tertiary alicyclic amines) is 1. The number of pyridine rings is 2. The lowest BCUT2D eigenvalue weighted by Crippen LogP contribution is -2.28. The van der Waals surface area contributed by atoms with Crippen LogP contribution in [0.4, 0.5) is 5.82 Å². The van der Waals surface area contributed by atoms with E-state index in [9.17, 15) is 9.59 Å². The first-order valence-corrected chi connectivity index (χ1v) is 10.4. The molecule has 3 aromatic heterocycles. The summed E-state index contributed by atoms with van der Waals surface area (Å²) in [7, 11) is 1.78. The molecule has 4 rings (SSSR count). The summed E-state index contributed by atoms with van der Waals surface area (Å²) in [5.41, 5.74) is 1.95. The van der Waals surface area contributed by atoms with E-state index in [4.69, 9.17) is 0 Å². The molecule has 0 aliphatic carbocycles. The maximum atomic E-state index is 12.7. The average molecular weight is 397 g/mol. The molecule has 1 aliphatic rings. The Labute approximate surface area is 167 Å². The first-order chi connectivity index (χ1) is 13.5. The van der Waals surface area contributed by atoms with Crippen LogP contribution in [0.5, 0.6) is 0 Å². The van der Waals surface area contributed by atoms with E-state index in [-0.39, 0.29) is 11.5 Å². The van der Waals surface area contributed by atoms with Crippen LogP contribution in [-0.2, 0) is 18.4 Å². The second-order valence-corrected chi connectivity index (χ2v) is 8.50. The normalized spacial score (nSPS) is 15.1. The van der Waals surface area contributed by atoms with E-state index in [0.29, 0.717) is 5.82 Å². The van der Waals surface area contributed by atoms with Crippen LogP contribution >= 0.6 is 11.3 Å². The minimum Gasteiger partial charge on any atom is -0.317 e. The lowest BCUT2D eigenvalue weighted by molar-refractivity contribution is -0.114. The molecule has 0 saturated carbocycles. The fourth-order valence-corrected chi connectivity index (χ4v) is 4.99. The van der Waals surface area contributed by atoms with Crippen molar-refractivity contribution in [2.75, 3.05) is 18.4 Å². The molecule has 4 heterocycles. The number of nitrogens with zero attached hydrogens (tertiary/aromatic N) is 3. The van der Waals surface area contributed by atoms with Gasteiger partial charge in [0.15, 0.2) is 0 Å². The van der Waals surface area contributed by atoms with E-state index in [1.54, 1.807) is 29.1 Å². The van der Waals surface area contributed by atoms with Crippen molar-refractivity contribution >= 4 is 33.1 Å². The molecule has 1 aliphatic heterocycles. The smallest absolute Gasteiger partial charge is 0.259 e. The Balaban J connectivity index is 1.77. The molecule has 28 heavy (non-hydrogen) atoms. The fourth-order valence-electron chi connectivity index (χ4n) is 3.77. The number of aromatic nitrogens is 2. The number of fused-ring (bicyclic) bond motifs is 1. The summed E-state index contributed by atoms with van der Waals surface area (Å²) in [6.07, 6.45) is 7.37. The first-order valence-electron chi connectivity index (χ1n) is 9.59. The minimum absolute atomic E-state index is 0.0241. The van der Waals surface area contributed by atoms with Crippen molar-refractivity contribution in [2.24, 2.45) is 7.05 Å². The summed E-state index contributed by atoms with van der Waals surface area (Å²) in [6.45, 7) is 4.62. The van der Waals surface area contributed by atoms with E-state index in [1.807, 2.05) is 18.3 Å². The lowest BCUT2D eigenvalue weighted by atomic mass is 10.1. The van der Waals surface area contributed by atoms with Gasteiger partial charge in [-0.15, -0.1) is 11.3 Å². The summed E-state index contributed by atoms with van der Waals surface area (Å²) in [6, 6.07) is 5.82. The molecule has 1 amide bonds. The maximum Gasteiger partial charge on any atom is 0.259 e. The quantitative estimate of drug-likeness (QED) is 0.732. The summed E-state index contributed by atoms with van der Waals surface area (Å²) in [5, 5.41) is 3.49. The summed E-state index contributed by atoms with van der Waals surface area (Å²) >= 11 is 1.69. The average Bonchev–Trinajstić information content (AvgIpc) is 3.09. The van der Waals surface area contributed by atoms with Gasteiger partial charge < -0.3 is 9.88 Å². The number of anilines is 1. The van der Waals surface area contributed by atoms with E-state index in [1.165, 1.54) is 31.1 Å². The standard InChI is InChI=1S/C21H24N4O2S/c1-14(26)23-19-10-15(6-7-22-19)18-13-24(2)21(27)17-11-16(28-20(17)18)12-25-8-4-3-5-9-25/h6-7,10-11,13H,3-5,8-9,12H2,1-2H3,(H,22,23,26). The predicted octanol–water partition coefficient (Wildman–Crippen LogP) is 3.61. The van der Waals surface area contributed by atoms with Crippen molar-refractivity contribution in [2.45, 2.75) is 32.7 Å². The SMILES string of the molecule is CC(=O)Nc1cc(-c2cn(C)c(=O)c3cc(CN4CCCCC4)sc23)ccn1. The summed E-state index contributed by atoms with van der Waals surface area (Å²) in [5.74, 6) is 0.354. The van der Waals surface area contributed by atoms with Gasteiger partial charge in [0.25, 0.3) is 5.56 Å². The summed E-state index contributed by atoms with van der Waals surface area (Å²) < 4.78 is 2.63. The molecule has 0 atom stereocenters. The number of aryl methyl sites for hydroxylation is 1. The van der Waals surface area contributed by atoms with E-state index in [0.717, 1.165) is 40.8 Å². The van der Waals surface area contributed by atoms with Gasteiger partial charge >= 0.3 is 0 Å². The molecular weight excluding hydrogens is 372 g/mol. The number of carbonyl (C=O) groups is 1. The Morgan fingerprint density at radius 3 is 2.79 bits per heavy atom. The molecule has 0 radical (unpaired) electrons. The predicted molar refractivity (Wildman–Crippen MR) is 114 cm³/mol. The van der Waals surface area contributed by atoms with Crippen molar-refractivity contribution in [3.8, 4) is 11.1 Å². The third-order valence-corrected chi connectivity index (χ3v) is 6.26. The van der Waals surface area contributed by atoms with Gasteiger partial charge in [-0.25, -0.2) is 4.98 Å². The van der Waals surface area contributed by atoms with Gasteiger partial charge in [-0.2, -0.15) is 0 Å². The van der Waals surface area contributed by atoms with Crippen molar-refractivity contribution < 1.29 is 4.79 Å². The second-order valence-electron chi connectivity index (χ2n) is 7.36. The van der Waals surface area contributed by atoms with Crippen molar-refractivity contribution in [1.82, 2.24) is 14.5 Å². The summed E-state index contributed by atoms with van der Waals surface area (Å²) in [4.78, 5) is 32.0. The van der Waals surface area contributed by atoms with Gasteiger partial charge in [0.1, 0.15) is 5.82 Å². The van der Waals surface area contributed by atoms with Crippen molar-refractivity contribution in [1.29, 1.82) is 0 Å². The molecule has 1 N–H and O–H groups in total. The zero-order chi connectivity index (χ0) is 19.7. The molecule has 1 saturated heterocycles. The third-order valence-electron chi connectivity index (χ3n) is 5.10. The van der Waals surface area contributed by atoms with Crippen LogP contribution in [0, 0.1) is 0 Å². The second kappa shape index (κ2) is 7.85. The Bertz CT molecular complexity index is 1080. The van der Waals surface area contributed by atoms with Gasteiger partial charge in [0.05, 0.1) is 5.39 Å². The molecule has 3 aromatic rings. The Hall–Kier alpha value is -2.51. The van der Waals surface area contributed by atoms with E-state index < -0.39 is 0 Å².